The first-order chi connectivity index (χ1) is 15.3. The van der Waals surface area contributed by atoms with Crippen LogP contribution in [0.3, 0.4) is 0 Å². The van der Waals surface area contributed by atoms with Gasteiger partial charge in [-0.2, -0.15) is 0 Å². The highest BCUT2D eigenvalue weighted by molar-refractivity contribution is 7.98. The molecule has 0 aliphatic carbocycles. The van der Waals surface area contributed by atoms with Crippen molar-refractivity contribution in [2.75, 3.05) is 15.9 Å². The second kappa shape index (κ2) is 10.7. The van der Waals surface area contributed by atoms with E-state index in [2.05, 4.69) is 17.4 Å². The minimum atomic E-state index is -3.65. The molecule has 0 aromatic heterocycles. The molecular weight excluding hydrogens is 440 g/mol. The van der Waals surface area contributed by atoms with E-state index >= 15 is 0 Å². The number of hydrogen-bond donors (Lipinski definition) is 1. The highest BCUT2D eigenvalue weighted by Crippen LogP contribution is 2.25. The van der Waals surface area contributed by atoms with Gasteiger partial charge in [0.2, 0.25) is 15.9 Å². The fourth-order valence-corrected chi connectivity index (χ4v) is 5.43. The molecular formula is C25H28N2O3S2. The molecule has 7 heteroatoms. The van der Waals surface area contributed by atoms with Crippen molar-refractivity contribution in [3.63, 3.8) is 0 Å². The predicted octanol–water partition coefficient (Wildman–Crippen LogP) is 5.47. The van der Waals surface area contributed by atoms with Crippen molar-refractivity contribution in [1.29, 1.82) is 0 Å². The molecule has 1 atom stereocenters. The van der Waals surface area contributed by atoms with E-state index < -0.39 is 16.1 Å². The van der Waals surface area contributed by atoms with Gasteiger partial charge in [-0.05, 0) is 55.3 Å². The van der Waals surface area contributed by atoms with Crippen LogP contribution in [0.2, 0.25) is 0 Å². The van der Waals surface area contributed by atoms with E-state index in [1.807, 2.05) is 61.5 Å². The summed E-state index contributed by atoms with van der Waals surface area (Å²) in [5.41, 5.74) is 3.28. The normalized spacial score (nSPS) is 12.2. The largest absolute Gasteiger partial charge is 0.324 e. The van der Waals surface area contributed by atoms with Crippen LogP contribution >= 0.6 is 11.8 Å². The Morgan fingerprint density at radius 3 is 2.16 bits per heavy atom. The van der Waals surface area contributed by atoms with Crippen LogP contribution in [0.5, 0.6) is 0 Å². The van der Waals surface area contributed by atoms with Gasteiger partial charge < -0.3 is 5.32 Å². The summed E-state index contributed by atoms with van der Waals surface area (Å²) in [6, 6.07) is 24.1. The van der Waals surface area contributed by atoms with E-state index in [1.165, 1.54) is 9.20 Å². The van der Waals surface area contributed by atoms with Crippen molar-refractivity contribution in [3.05, 3.63) is 90.0 Å². The fraction of sp³-hybridized carbons (Fsp3) is 0.240. The van der Waals surface area contributed by atoms with Crippen LogP contribution in [0.25, 0.3) is 0 Å². The van der Waals surface area contributed by atoms with Crippen LogP contribution in [0.1, 0.15) is 24.5 Å². The maximum Gasteiger partial charge on any atom is 0.248 e. The molecule has 3 rings (SSSR count). The zero-order chi connectivity index (χ0) is 23.1. The molecule has 1 N–H and O–H groups in total. The van der Waals surface area contributed by atoms with E-state index in [4.69, 9.17) is 0 Å². The highest BCUT2D eigenvalue weighted by Gasteiger charge is 2.31. The Morgan fingerprint density at radius 2 is 1.59 bits per heavy atom. The maximum absolute atomic E-state index is 13.0. The van der Waals surface area contributed by atoms with Gasteiger partial charge in [0.1, 0.15) is 6.04 Å². The molecule has 0 fully saturated rings. The highest BCUT2D eigenvalue weighted by atomic mass is 32.2. The van der Waals surface area contributed by atoms with Crippen LogP contribution in [0, 0.1) is 6.92 Å². The first-order valence-electron chi connectivity index (χ1n) is 10.4. The molecule has 3 aromatic carbocycles. The average molecular weight is 469 g/mol. The van der Waals surface area contributed by atoms with Gasteiger partial charge in [0.15, 0.2) is 0 Å². The number of nitrogens with one attached hydrogen (secondary N) is 1. The molecule has 0 aliphatic heterocycles. The quantitative estimate of drug-likeness (QED) is 0.423. The second-order valence-corrected chi connectivity index (χ2v) is 10.5. The van der Waals surface area contributed by atoms with E-state index in [0.29, 0.717) is 17.8 Å². The van der Waals surface area contributed by atoms with Gasteiger partial charge in [0, 0.05) is 16.3 Å². The first-order valence-corrected chi connectivity index (χ1v) is 13.2. The van der Waals surface area contributed by atoms with Crippen molar-refractivity contribution in [3.8, 4) is 0 Å². The number of nitrogens with zero attached hydrogens (tertiary/aromatic N) is 1. The Balaban J connectivity index is 1.71. The van der Waals surface area contributed by atoms with Gasteiger partial charge in [-0.25, -0.2) is 8.42 Å². The maximum atomic E-state index is 13.0. The molecule has 168 valence electrons. The summed E-state index contributed by atoms with van der Waals surface area (Å²) in [7, 11) is -3.65. The molecule has 0 saturated heterocycles. The number of hydrogen-bond acceptors (Lipinski definition) is 4. The lowest BCUT2D eigenvalue weighted by molar-refractivity contribution is -0.117. The van der Waals surface area contributed by atoms with Crippen LogP contribution in [0.15, 0.2) is 83.8 Å². The van der Waals surface area contributed by atoms with Gasteiger partial charge in [-0.15, -0.1) is 11.8 Å². The fourth-order valence-electron chi connectivity index (χ4n) is 3.35. The third kappa shape index (κ3) is 6.37. The standard InChI is InChI=1S/C25H28N2O3S2/c1-4-24(27(32(3,29)30)22-16-10-19(2)11-17-22)25(28)26-21-14-12-20(13-15-21)18-31-23-8-6-5-7-9-23/h5-17,24H,4,18H2,1-3H3,(H,26,28). The van der Waals surface area contributed by atoms with Crippen LogP contribution in [-0.2, 0) is 20.6 Å². The zero-order valence-electron chi connectivity index (χ0n) is 18.5. The number of amides is 1. The summed E-state index contributed by atoms with van der Waals surface area (Å²) in [4.78, 5) is 14.2. The molecule has 0 bridgehead atoms. The van der Waals surface area contributed by atoms with Crippen LogP contribution in [0.4, 0.5) is 11.4 Å². The lowest BCUT2D eigenvalue weighted by Crippen LogP contribution is -2.47. The second-order valence-electron chi connectivity index (χ2n) is 7.61. The molecule has 0 spiro atoms. The summed E-state index contributed by atoms with van der Waals surface area (Å²) in [5, 5.41) is 2.88. The van der Waals surface area contributed by atoms with E-state index in [0.717, 1.165) is 23.1 Å². The van der Waals surface area contributed by atoms with Crippen molar-refractivity contribution < 1.29 is 13.2 Å². The summed E-state index contributed by atoms with van der Waals surface area (Å²) in [5.74, 6) is 0.468. The third-order valence-corrected chi connectivity index (χ3v) is 7.25. The van der Waals surface area contributed by atoms with E-state index in [-0.39, 0.29) is 5.91 Å². The third-order valence-electron chi connectivity index (χ3n) is 4.99. The zero-order valence-corrected chi connectivity index (χ0v) is 20.1. The van der Waals surface area contributed by atoms with Crippen molar-refractivity contribution in [2.45, 2.75) is 37.0 Å². The predicted molar refractivity (Wildman–Crippen MR) is 134 cm³/mol. The minimum absolute atomic E-state index is 0.346. The molecule has 5 nitrogen and oxygen atoms in total. The molecule has 1 unspecified atom stereocenters. The molecule has 0 saturated carbocycles. The Labute approximate surface area is 194 Å². The lowest BCUT2D eigenvalue weighted by Gasteiger charge is -2.30. The van der Waals surface area contributed by atoms with Crippen molar-refractivity contribution in [2.24, 2.45) is 0 Å². The number of rotatable bonds is 9. The number of benzene rings is 3. The first kappa shape index (κ1) is 23.9. The number of aryl methyl sites for hydroxylation is 1. The Morgan fingerprint density at radius 1 is 0.969 bits per heavy atom. The summed E-state index contributed by atoms with van der Waals surface area (Å²) >= 11 is 1.75. The summed E-state index contributed by atoms with van der Waals surface area (Å²) in [6.07, 6.45) is 1.47. The van der Waals surface area contributed by atoms with Gasteiger partial charge in [-0.3, -0.25) is 9.10 Å². The van der Waals surface area contributed by atoms with Gasteiger partial charge in [-0.1, -0.05) is 55.0 Å². The molecule has 1 amide bonds. The van der Waals surface area contributed by atoms with Gasteiger partial charge in [0.25, 0.3) is 0 Å². The Kier molecular flexibility index (Phi) is 7.99. The topological polar surface area (TPSA) is 66.5 Å². The molecule has 3 aromatic rings. The van der Waals surface area contributed by atoms with E-state index in [9.17, 15) is 13.2 Å². The number of thioether (sulfide) groups is 1. The van der Waals surface area contributed by atoms with E-state index in [1.54, 1.807) is 30.8 Å². The molecule has 0 aliphatic rings. The average Bonchev–Trinajstić information content (AvgIpc) is 2.77. The van der Waals surface area contributed by atoms with Crippen LogP contribution in [-0.4, -0.2) is 26.6 Å². The number of carbonyl (C=O) groups is 1. The number of sulfonamides is 1. The number of carbonyl (C=O) groups excluding carboxylic acids is 1. The monoisotopic (exact) mass is 468 g/mol. The summed E-state index contributed by atoms with van der Waals surface area (Å²) < 4.78 is 26.3. The molecule has 0 heterocycles. The summed E-state index contributed by atoms with van der Waals surface area (Å²) in [6.45, 7) is 3.74. The van der Waals surface area contributed by atoms with Crippen molar-refractivity contribution >= 4 is 39.1 Å². The molecule has 32 heavy (non-hydrogen) atoms. The van der Waals surface area contributed by atoms with Crippen molar-refractivity contribution in [1.82, 2.24) is 0 Å². The Hall–Kier alpha value is -2.77. The lowest BCUT2D eigenvalue weighted by atomic mass is 10.1. The van der Waals surface area contributed by atoms with Gasteiger partial charge in [0.05, 0.1) is 11.9 Å². The van der Waals surface area contributed by atoms with Gasteiger partial charge >= 0.3 is 0 Å². The molecule has 0 radical (unpaired) electrons. The SMILES string of the molecule is CCC(C(=O)Nc1ccc(CSc2ccccc2)cc1)N(c1ccc(C)cc1)S(C)(=O)=O. The smallest absolute Gasteiger partial charge is 0.248 e. The van der Waals surface area contributed by atoms with Crippen LogP contribution < -0.4 is 9.62 Å². The Bertz CT molecular complexity index is 1130. The minimum Gasteiger partial charge on any atom is -0.324 e. The number of anilines is 2.